The van der Waals surface area contributed by atoms with Crippen molar-refractivity contribution >= 4 is 29.2 Å². The summed E-state index contributed by atoms with van der Waals surface area (Å²) in [4.78, 5) is 45.8. The molecular weight excluding hydrogens is 506 g/mol. The number of H-pyrrole nitrogens is 1. The highest BCUT2D eigenvalue weighted by Crippen LogP contribution is 2.28. The van der Waals surface area contributed by atoms with Crippen LogP contribution in [0.2, 0.25) is 0 Å². The monoisotopic (exact) mass is 525 g/mol. The van der Waals surface area contributed by atoms with Gasteiger partial charge in [0.05, 0.1) is 5.69 Å². The van der Waals surface area contributed by atoms with Crippen molar-refractivity contribution in [1.82, 2.24) is 50.8 Å². The molecule has 1 aliphatic rings. The van der Waals surface area contributed by atoms with Gasteiger partial charge < -0.3 is 20.7 Å². The Morgan fingerprint density at radius 1 is 1.00 bits per heavy atom. The van der Waals surface area contributed by atoms with E-state index in [1.165, 1.54) is 16.9 Å². The standard InChI is InChI=1S/C24H19N11O4/c36-20-11-39-19-6-3-14(7-16(19)29-20)10-25-22(37)17-8-18(35-24(30-17)27-12-28-35)23(38)26-9-13-1-4-15(5-2-13)21-31-33-34-32-21/h1-8,12H,9-11H2,(H,25,37)(H,26,38)(H,29,36)(H,31,32,33,34). The van der Waals surface area contributed by atoms with Crippen LogP contribution in [0.25, 0.3) is 17.2 Å². The maximum Gasteiger partial charge on any atom is 0.270 e. The Labute approximate surface area is 219 Å². The lowest BCUT2D eigenvalue weighted by Gasteiger charge is -2.18. The number of nitrogens with one attached hydrogen (secondary N) is 4. The van der Waals surface area contributed by atoms with Gasteiger partial charge in [0.15, 0.2) is 6.61 Å². The van der Waals surface area contributed by atoms with E-state index in [9.17, 15) is 14.4 Å². The Kier molecular flexibility index (Phi) is 6.04. The number of ether oxygens (including phenoxy) is 1. The number of aromatic nitrogens is 8. The largest absolute Gasteiger partial charge is 0.482 e. The number of benzene rings is 2. The molecule has 39 heavy (non-hydrogen) atoms. The Bertz CT molecular complexity index is 1700. The highest BCUT2D eigenvalue weighted by molar-refractivity contribution is 5.98. The fourth-order valence-electron chi connectivity index (χ4n) is 3.93. The highest BCUT2D eigenvalue weighted by atomic mass is 16.5. The quantitative estimate of drug-likeness (QED) is 0.232. The van der Waals surface area contributed by atoms with Gasteiger partial charge in [0.25, 0.3) is 23.5 Å². The SMILES string of the molecule is O=C1COc2ccc(CNC(=O)c3cc(C(=O)NCc4ccc(-c5nn[nH]n5)cc4)n4ncnc4n3)cc2N1. The number of anilines is 1. The van der Waals surface area contributed by atoms with E-state index in [0.717, 1.165) is 16.7 Å². The van der Waals surface area contributed by atoms with E-state index in [2.05, 4.69) is 51.6 Å². The summed E-state index contributed by atoms with van der Waals surface area (Å²) in [5.74, 6) is -0.0948. The zero-order valence-electron chi connectivity index (χ0n) is 20.1. The zero-order valence-corrected chi connectivity index (χ0v) is 20.1. The van der Waals surface area contributed by atoms with Crippen molar-refractivity contribution in [3.63, 3.8) is 0 Å². The molecular formula is C24H19N11O4. The molecule has 2 aromatic carbocycles. The van der Waals surface area contributed by atoms with Gasteiger partial charge in [0.1, 0.15) is 23.5 Å². The molecule has 0 atom stereocenters. The first kappa shape index (κ1) is 23.7. The molecule has 4 heterocycles. The van der Waals surface area contributed by atoms with Gasteiger partial charge in [-0.15, -0.1) is 10.2 Å². The van der Waals surface area contributed by atoms with Crippen LogP contribution in [0.1, 0.15) is 32.1 Å². The normalized spacial score (nSPS) is 12.4. The summed E-state index contributed by atoms with van der Waals surface area (Å²) in [7, 11) is 0. The second-order valence-corrected chi connectivity index (χ2v) is 8.46. The van der Waals surface area contributed by atoms with Crippen LogP contribution in [0.15, 0.2) is 54.9 Å². The molecule has 15 heteroatoms. The first-order valence-corrected chi connectivity index (χ1v) is 11.7. The predicted molar refractivity (Wildman–Crippen MR) is 133 cm³/mol. The fourth-order valence-corrected chi connectivity index (χ4v) is 3.93. The number of tetrazole rings is 1. The third kappa shape index (κ3) is 4.95. The zero-order chi connectivity index (χ0) is 26.8. The molecule has 3 amide bonds. The third-order valence-corrected chi connectivity index (χ3v) is 5.86. The fraction of sp³-hybridized carbons (Fsp3) is 0.125. The Hall–Kier alpha value is -5.73. The number of nitrogens with zero attached hydrogens (tertiary/aromatic N) is 7. The molecule has 0 bridgehead atoms. The summed E-state index contributed by atoms with van der Waals surface area (Å²) in [5, 5.41) is 26.2. The lowest BCUT2D eigenvalue weighted by Crippen LogP contribution is -2.29. The van der Waals surface area contributed by atoms with E-state index in [1.807, 2.05) is 24.3 Å². The molecule has 0 saturated carbocycles. The number of rotatable bonds is 7. The van der Waals surface area contributed by atoms with Crippen molar-refractivity contribution in [3.05, 3.63) is 77.4 Å². The summed E-state index contributed by atoms with van der Waals surface area (Å²) >= 11 is 0. The molecule has 4 N–H and O–H groups in total. The van der Waals surface area contributed by atoms with Crippen LogP contribution < -0.4 is 20.7 Å². The van der Waals surface area contributed by atoms with E-state index in [1.54, 1.807) is 18.2 Å². The molecule has 194 valence electrons. The van der Waals surface area contributed by atoms with E-state index in [4.69, 9.17) is 4.74 Å². The van der Waals surface area contributed by atoms with Crippen molar-refractivity contribution in [2.45, 2.75) is 13.1 Å². The molecule has 0 spiro atoms. The van der Waals surface area contributed by atoms with Gasteiger partial charge in [-0.3, -0.25) is 14.4 Å². The molecule has 0 saturated heterocycles. The third-order valence-electron chi connectivity index (χ3n) is 5.86. The van der Waals surface area contributed by atoms with Gasteiger partial charge >= 0.3 is 0 Å². The van der Waals surface area contributed by atoms with Crippen molar-refractivity contribution in [1.29, 1.82) is 0 Å². The molecule has 0 unspecified atom stereocenters. The lowest BCUT2D eigenvalue weighted by atomic mass is 10.1. The minimum Gasteiger partial charge on any atom is -0.482 e. The van der Waals surface area contributed by atoms with E-state index in [-0.39, 0.29) is 42.8 Å². The van der Waals surface area contributed by atoms with Gasteiger partial charge in [-0.05, 0) is 28.5 Å². The Morgan fingerprint density at radius 2 is 1.79 bits per heavy atom. The minimum absolute atomic E-state index is 0.000268. The van der Waals surface area contributed by atoms with Crippen LogP contribution >= 0.6 is 0 Å². The van der Waals surface area contributed by atoms with Crippen LogP contribution in [-0.2, 0) is 17.9 Å². The van der Waals surface area contributed by atoms with Crippen molar-refractivity contribution in [3.8, 4) is 17.1 Å². The number of fused-ring (bicyclic) bond motifs is 2. The van der Waals surface area contributed by atoms with Crippen molar-refractivity contribution < 1.29 is 19.1 Å². The molecule has 0 aliphatic carbocycles. The maximum absolute atomic E-state index is 13.1. The second kappa shape index (κ2) is 9.97. The maximum atomic E-state index is 13.1. The highest BCUT2D eigenvalue weighted by Gasteiger charge is 2.19. The summed E-state index contributed by atoms with van der Waals surface area (Å²) in [5.41, 5.74) is 2.98. The van der Waals surface area contributed by atoms with Crippen LogP contribution in [0.4, 0.5) is 5.69 Å². The lowest BCUT2D eigenvalue weighted by molar-refractivity contribution is -0.118. The number of carbonyl (C=O) groups excluding carboxylic acids is 3. The smallest absolute Gasteiger partial charge is 0.270 e. The van der Waals surface area contributed by atoms with Crippen LogP contribution in [0.5, 0.6) is 5.75 Å². The summed E-state index contributed by atoms with van der Waals surface area (Å²) in [6.45, 7) is 0.344. The van der Waals surface area contributed by atoms with Crippen molar-refractivity contribution in [2.75, 3.05) is 11.9 Å². The number of amides is 3. The van der Waals surface area contributed by atoms with Crippen LogP contribution in [0.3, 0.4) is 0 Å². The van der Waals surface area contributed by atoms with E-state index >= 15 is 0 Å². The Balaban J connectivity index is 1.14. The number of hydrogen-bond donors (Lipinski definition) is 4. The van der Waals surface area contributed by atoms with Gasteiger partial charge in [-0.1, -0.05) is 30.3 Å². The molecule has 5 aromatic rings. The summed E-state index contributed by atoms with van der Waals surface area (Å²) in [6, 6.07) is 13.9. The Morgan fingerprint density at radius 3 is 2.62 bits per heavy atom. The molecule has 0 radical (unpaired) electrons. The first-order chi connectivity index (χ1) is 19.0. The molecule has 6 rings (SSSR count). The average molecular weight is 525 g/mol. The van der Waals surface area contributed by atoms with Gasteiger partial charge in [0.2, 0.25) is 5.82 Å². The van der Waals surface area contributed by atoms with E-state index < -0.39 is 11.8 Å². The number of aromatic amines is 1. The van der Waals surface area contributed by atoms with Crippen LogP contribution in [-0.4, -0.2) is 64.5 Å². The van der Waals surface area contributed by atoms with E-state index in [0.29, 0.717) is 17.3 Å². The summed E-state index contributed by atoms with van der Waals surface area (Å²) in [6.07, 6.45) is 1.25. The molecule has 1 aliphatic heterocycles. The first-order valence-electron chi connectivity index (χ1n) is 11.7. The second-order valence-electron chi connectivity index (χ2n) is 8.46. The van der Waals surface area contributed by atoms with Crippen molar-refractivity contribution in [2.24, 2.45) is 0 Å². The summed E-state index contributed by atoms with van der Waals surface area (Å²) < 4.78 is 6.61. The molecule has 0 fully saturated rings. The average Bonchev–Trinajstić information content (AvgIpc) is 3.67. The number of hydrogen-bond acceptors (Lipinski definition) is 10. The molecule has 15 nitrogen and oxygen atoms in total. The van der Waals surface area contributed by atoms with Crippen LogP contribution in [0, 0.1) is 0 Å². The number of carbonyl (C=O) groups is 3. The minimum atomic E-state index is -0.510. The van der Waals surface area contributed by atoms with Gasteiger partial charge in [-0.25, -0.2) is 4.98 Å². The topological polar surface area (TPSA) is 194 Å². The van der Waals surface area contributed by atoms with Gasteiger partial charge in [0, 0.05) is 24.7 Å². The predicted octanol–water partition coefficient (Wildman–Crippen LogP) is 0.495. The van der Waals surface area contributed by atoms with Gasteiger partial charge in [-0.2, -0.15) is 19.8 Å². The molecule has 3 aromatic heterocycles.